The van der Waals surface area contributed by atoms with E-state index in [1.807, 2.05) is 12.4 Å². The summed E-state index contributed by atoms with van der Waals surface area (Å²) in [5.41, 5.74) is 2.64. The fourth-order valence-electron chi connectivity index (χ4n) is 2.28. The van der Waals surface area contributed by atoms with E-state index in [0.717, 1.165) is 17.3 Å². The number of rotatable bonds is 3. The normalized spacial score (nSPS) is 10.8. The highest BCUT2D eigenvalue weighted by Gasteiger charge is 1.99. The molecule has 3 aromatic rings. The third-order valence-electron chi connectivity index (χ3n) is 3.28. The van der Waals surface area contributed by atoms with Crippen molar-refractivity contribution in [2.45, 2.75) is 12.8 Å². The van der Waals surface area contributed by atoms with Crippen molar-refractivity contribution >= 4 is 26.7 Å². The van der Waals surface area contributed by atoms with E-state index in [1.165, 1.54) is 21.9 Å². The second-order valence-corrected chi connectivity index (χ2v) is 5.61. The Morgan fingerprint density at radius 3 is 2.42 bits per heavy atom. The van der Waals surface area contributed by atoms with Crippen molar-refractivity contribution in [3.63, 3.8) is 0 Å². The van der Waals surface area contributed by atoms with Crippen LogP contribution in [0.3, 0.4) is 0 Å². The molecule has 0 aliphatic carbocycles. The summed E-state index contributed by atoms with van der Waals surface area (Å²) < 4.78 is 1.04. The Bertz CT molecular complexity index is 706. The highest BCUT2D eigenvalue weighted by molar-refractivity contribution is 9.10. The Balaban J connectivity index is 1.78. The number of aryl methyl sites for hydroxylation is 2. The van der Waals surface area contributed by atoms with E-state index in [0.29, 0.717) is 0 Å². The Morgan fingerprint density at radius 1 is 0.789 bits per heavy atom. The lowest BCUT2D eigenvalue weighted by Crippen LogP contribution is -1.92. The number of nitrogens with zero attached hydrogens (tertiary/aromatic N) is 1. The molecule has 0 aliphatic rings. The first-order chi connectivity index (χ1) is 9.31. The molecule has 0 N–H and O–H groups in total. The summed E-state index contributed by atoms with van der Waals surface area (Å²) in [5.74, 6) is 0. The zero-order valence-corrected chi connectivity index (χ0v) is 12.1. The summed E-state index contributed by atoms with van der Waals surface area (Å²) in [4.78, 5) is 4.20. The monoisotopic (exact) mass is 311 g/mol. The fraction of sp³-hybridized carbons (Fsp3) is 0.118. The van der Waals surface area contributed by atoms with Crippen molar-refractivity contribution in [3.05, 3.63) is 76.5 Å². The molecule has 19 heavy (non-hydrogen) atoms. The molecule has 1 nitrogen and oxygen atoms in total. The van der Waals surface area contributed by atoms with Gasteiger partial charge in [-0.3, -0.25) is 4.98 Å². The number of hydrogen-bond acceptors (Lipinski definition) is 1. The summed E-state index contributed by atoms with van der Waals surface area (Å²) in [6.07, 6.45) is 5.82. The van der Waals surface area contributed by atoms with Gasteiger partial charge in [0, 0.05) is 16.9 Å². The van der Waals surface area contributed by atoms with Gasteiger partial charge in [-0.2, -0.15) is 0 Å². The Hall–Kier alpha value is -1.67. The summed E-state index contributed by atoms with van der Waals surface area (Å²) in [6.45, 7) is 0. The van der Waals surface area contributed by atoms with Crippen LogP contribution in [0.25, 0.3) is 10.8 Å². The van der Waals surface area contributed by atoms with Crippen LogP contribution in [-0.4, -0.2) is 4.98 Å². The molecule has 0 atom stereocenters. The zero-order valence-electron chi connectivity index (χ0n) is 10.5. The van der Waals surface area contributed by atoms with E-state index >= 15 is 0 Å². The third kappa shape index (κ3) is 3.02. The first-order valence-corrected chi connectivity index (χ1v) is 7.18. The highest BCUT2D eigenvalue weighted by Crippen LogP contribution is 2.17. The van der Waals surface area contributed by atoms with Crippen LogP contribution in [0, 0.1) is 0 Å². The van der Waals surface area contributed by atoms with E-state index in [9.17, 15) is 0 Å². The van der Waals surface area contributed by atoms with Gasteiger partial charge in [0.25, 0.3) is 0 Å². The third-order valence-corrected chi connectivity index (χ3v) is 3.71. The second kappa shape index (κ2) is 5.54. The average molecular weight is 312 g/mol. The van der Waals surface area contributed by atoms with Gasteiger partial charge in [-0.25, -0.2) is 0 Å². The van der Waals surface area contributed by atoms with Crippen molar-refractivity contribution in [1.82, 2.24) is 4.98 Å². The number of halogens is 1. The number of fused-ring (bicyclic) bond motifs is 1. The second-order valence-electron chi connectivity index (χ2n) is 4.69. The van der Waals surface area contributed by atoms with Crippen molar-refractivity contribution in [1.29, 1.82) is 0 Å². The van der Waals surface area contributed by atoms with Crippen molar-refractivity contribution in [3.8, 4) is 0 Å². The Labute approximate surface area is 121 Å². The highest BCUT2D eigenvalue weighted by atomic mass is 79.9. The minimum atomic E-state index is 1.02. The molecule has 0 spiro atoms. The molecule has 0 fully saturated rings. The standard InChI is InChI=1S/C17H14BrN/c18-17-10-14(11-19-12-17)6-5-13-7-8-15-3-1-2-4-16(15)9-13/h1-4,7-12H,5-6H2. The molecule has 0 amide bonds. The van der Waals surface area contributed by atoms with Crippen LogP contribution in [0.15, 0.2) is 65.4 Å². The zero-order chi connectivity index (χ0) is 13.1. The number of pyridine rings is 1. The smallest absolute Gasteiger partial charge is 0.0410 e. The Morgan fingerprint density at radius 2 is 1.58 bits per heavy atom. The van der Waals surface area contributed by atoms with E-state index in [4.69, 9.17) is 0 Å². The molecular formula is C17H14BrN. The minimum Gasteiger partial charge on any atom is -0.263 e. The average Bonchev–Trinajstić information content (AvgIpc) is 2.45. The first kappa shape index (κ1) is 12.4. The molecule has 1 aromatic heterocycles. The molecule has 0 saturated carbocycles. The van der Waals surface area contributed by atoms with Crippen LogP contribution in [0.4, 0.5) is 0 Å². The van der Waals surface area contributed by atoms with Gasteiger partial charge >= 0.3 is 0 Å². The van der Waals surface area contributed by atoms with E-state index in [1.54, 1.807) is 0 Å². The van der Waals surface area contributed by atoms with Crippen LogP contribution in [-0.2, 0) is 12.8 Å². The van der Waals surface area contributed by atoms with Gasteiger partial charge in [0.05, 0.1) is 0 Å². The molecule has 0 aliphatic heterocycles. The largest absolute Gasteiger partial charge is 0.263 e. The number of aromatic nitrogens is 1. The maximum absolute atomic E-state index is 4.20. The lowest BCUT2D eigenvalue weighted by atomic mass is 10.0. The maximum Gasteiger partial charge on any atom is 0.0410 e. The van der Waals surface area contributed by atoms with E-state index in [2.05, 4.69) is 69.4 Å². The SMILES string of the molecule is Brc1cncc(CCc2ccc3ccccc3c2)c1. The van der Waals surface area contributed by atoms with Gasteiger partial charge in [-0.15, -0.1) is 0 Å². The summed E-state index contributed by atoms with van der Waals surface area (Å²) in [6, 6.07) is 17.3. The van der Waals surface area contributed by atoms with E-state index < -0.39 is 0 Å². The Kier molecular flexibility index (Phi) is 3.60. The van der Waals surface area contributed by atoms with Gasteiger partial charge in [0.2, 0.25) is 0 Å². The van der Waals surface area contributed by atoms with Crippen LogP contribution < -0.4 is 0 Å². The summed E-state index contributed by atoms with van der Waals surface area (Å²) in [5, 5.41) is 2.61. The number of benzene rings is 2. The molecule has 1 heterocycles. The minimum absolute atomic E-state index is 1.02. The number of hydrogen-bond donors (Lipinski definition) is 0. The van der Waals surface area contributed by atoms with Crippen molar-refractivity contribution in [2.75, 3.05) is 0 Å². The van der Waals surface area contributed by atoms with Gasteiger partial charge < -0.3 is 0 Å². The summed E-state index contributed by atoms with van der Waals surface area (Å²) >= 11 is 3.46. The lowest BCUT2D eigenvalue weighted by molar-refractivity contribution is 0.950. The molecule has 0 bridgehead atoms. The molecule has 2 aromatic carbocycles. The van der Waals surface area contributed by atoms with Crippen LogP contribution >= 0.6 is 15.9 Å². The molecule has 2 heteroatoms. The predicted molar refractivity (Wildman–Crippen MR) is 83.3 cm³/mol. The van der Waals surface area contributed by atoms with Crippen molar-refractivity contribution < 1.29 is 0 Å². The topological polar surface area (TPSA) is 12.9 Å². The molecule has 0 radical (unpaired) electrons. The van der Waals surface area contributed by atoms with Gasteiger partial charge in [0.15, 0.2) is 0 Å². The fourth-order valence-corrected chi connectivity index (χ4v) is 2.69. The van der Waals surface area contributed by atoms with Gasteiger partial charge in [-0.1, -0.05) is 42.5 Å². The molecule has 0 saturated heterocycles. The van der Waals surface area contributed by atoms with Crippen LogP contribution in [0.5, 0.6) is 0 Å². The van der Waals surface area contributed by atoms with Crippen molar-refractivity contribution in [2.24, 2.45) is 0 Å². The van der Waals surface area contributed by atoms with Crippen LogP contribution in [0.1, 0.15) is 11.1 Å². The molecule has 3 rings (SSSR count). The maximum atomic E-state index is 4.20. The first-order valence-electron chi connectivity index (χ1n) is 6.38. The van der Waals surface area contributed by atoms with E-state index in [-0.39, 0.29) is 0 Å². The lowest BCUT2D eigenvalue weighted by Gasteiger charge is -2.04. The van der Waals surface area contributed by atoms with Gasteiger partial charge in [-0.05, 0) is 56.7 Å². The van der Waals surface area contributed by atoms with Gasteiger partial charge in [0.1, 0.15) is 0 Å². The predicted octanol–water partition coefficient (Wildman–Crippen LogP) is 4.78. The summed E-state index contributed by atoms with van der Waals surface area (Å²) in [7, 11) is 0. The molecular weight excluding hydrogens is 298 g/mol. The molecule has 0 unspecified atom stereocenters. The quantitative estimate of drug-likeness (QED) is 0.678. The van der Waals surface area contributed by atoms with Crippen LogP contribution in [0.2, 0.25) is 0 Å². The molecule has 94 valence electrons.